The number of rotatable bonds is 3. The predicted octanol–water partition coefficient (Wildman–Crippen LogP) is 2.84. The van der Waals surface area contributed by atoms with Gasteiger partial charge in [0.25, 0.3) is 0 Å². The molecule has 6 heteroatoms. The molecule has 0 aliphatic heterocycles. The van der Waals surface area contributed by atoms with E-state index in [-0.39, 0.29) is 6.04 Å². The highest BCUT2D eigenvalue weighted by Gasteiger charge is 2.34. The first-order chi connectivity index (χ1) is 8.89. The average Bonchev–Trinajstić information content (AvgIpc) is 2.79. The van der Waals surface area contributed by atoms with Crippen molar-refractivity contribution in [3.05, 3.63) is 53.9 Å². The minimum absolute atomic E-state index is 0.358. The topological polar surface area (TPSA) is 43.8 Å². The number of hydrogen-bond donors (Lipinski definition) is 1. The normalized spacial score (nSPS) is 15.2. The van der Waals surface area contributed by atoms with Gasteiger partial charge in [-0.2, -0.15) is 18.3 Å². The summed E-state index contributed by atoms with van der Waals surface area (Å²) in [5, 5.41) is 3.59. The van der Waals surface area contributed by atoms with Crippen LogP contribution in [0.3, 0.4) is 0 Å². The van der Waals surface area contributed by atoms with E-state index in [9.17, 15) is 13.2 Å². The Labute approximate surface area is 108 Å². The molecule has 0 bridgehead atoms. The Kier molecular flexibility index (Phi) is 3.61. The maximum absolute atomic E-state index is 12.6. The smallest absolute Gasteiger partial charge is 0.326 e. The van der Waals surface area contributed by atoms with Crippen LogP contribution in [0.1, 0.15) is 24.2 Å². The molecule has 2 unspecified atom stereocenters. The van der Waals surface area contributed by atoms with E-state index in [1.807, 2.05) is 30.3 Å². The monoisotopic (exact) mass is 269 g/mol. The molecule has 102 valence electrons. The summed E-state index contributed by atoms with van der Waals surface area (Å²) in [6.07, 6.45) is -3.13. The average molecular weight is 269 g/mol. The fraction of sp³-hybridized carbons (Fsp3) is 0.308. The maximum Gasteiger partial charge on any atom is 0.435 e. The fourth-order valence-electron chi connectivity index (χ4n) is 1.99. The maximum atomic E-state index is 12.6. The number of halogens is 3. The van der Waals surface area contributed by atoms with Gasteiger partial charge in [0.15, 0.2) is 5.69 Å². The molecule has 2 rings (SSSR count). The molecule has 2 aromatic rings. The van der Waals surface area contributed by atoms with Gasteiger partial charge in [-0.15, -0.1) is 0 Å². The minimum atomic E-state index is -4.44. The summed E-state index contributed by atoms with van der Waals surface area (Å²) < 4.78 is 38.9. The second kappa shape index (κ2) is 5.05. The second-order valence-corrected chi connectivity index (χ2v) is 4.39. The Bertz CT molecular complexity index is 532. The number of alkyl halides is 3. The van der Waals surface area contributed by atoms with Crippen LogP contribution in [0.25, 0.3) is 0 Å². The predicted molar refractivity (Wildman–Crippen MR) is 65.5 cm³/mol. The largest absolute Gasteiger partial charge is 0.435 e. The molecule has 1 aromatic heterocycles. The lowest BCUT2D eigenvalue weighted by molar-refractivity contribution is -0.141. The summed E-state index contributed by atoms with van der Waals surface area (Å²) in [5.41, 5.74) is 5.80. The van der Waals surface area contributed by atoms with Crippen molar-refractivity contribution in [1.82, 2.24) is 9.78 Å². The van der Waals surface area contributed by atoms with Crippen LogP contribution in [0.5, 0.6) is 0 Å². The molecule has 1 aromatic carbocycles. The van der Waals surface area contributed by atoms with Gasteiger partial charge in [0.2, 0.25) is 0 Å². The minimum Gasteiger partial charge on any atom is -0.326 e. The molecule has 1 heterocycles. The van der Waals surface area contributed by atoms with Crippen molar-refractivity contribution >= 4 is 0 Å². The molecule has 0 spiro atoms. The Morgan fingerprint density at radius 1 is 1.16 bits per heavy atom. The first-order valence-electron chi connectivity index (χ1n) is 5.82. The third kappa shape index (κ3) is 2.96. The van der Waals surface area contributed by atoms with Crippen molar-refractivity contribution in [2.75, 3.05) is 0 Å². The van der Waals surface area contributed by atoms with Gasteiger partial charge < -0.3 is 5.73 Å². The van der Waals surface area contributed by atoms with Crippen LogP contribution in [0.2, 0.25) is 0 Å². The molecular formula is C13H14F3N3. The van der Waals surface area contributed by atoms with E-state index in [2.05, 4.69) is 5.10 Å². The van der Waals surface area contributed by atoms with Crippen LogP contribution < -0.4 is 5.73 Å². The van der Waals surface area contributed by atoms with Gasteiger partial charge in [0, 0.05) is 12.2 Å². The van der Waals surface area contributed by atoms with Crippen LogP contribution in [0.15, 0.2) is 42.6 Å². The summed E-state index contributed by atoms with van der Waals surface area (Å²) in [6, 6.07) is 9.30. The van der Waals surface area contributed by atoms with Gasteiger partial charge in [0.1, 0.15) is 0 Å². The zero-order chi connectivity index (χ0) is 14.0. The van der Waals surface area contributed by atoms with Crippen molar-refractivity contribution in [2.24, 2.45) is 5.73 Å². The zero-order valence-corrected chi connectivity index (χ0v) is 10.3. The summed E-state index contributed by atoms with van der Waals surface area (Å²) >= 11 is 0. The quantitative estimate of drug-likeness (QED) is 0.931. The zero-order valence-electron chi connectivity index (χ0n) is 10.3. The number of benzene rings is 1. The van der Waals surface area contributed by atoms with Crippen LogP contribution in [-0.4, -0.2) is 15.8 Å². The fourth-order valence-corrected chi connectivity index (χ4v) is 1.99. The SMILES string of the molecule is CC(N)C(c1ccccc1)n1ccc(C(F)(F)F)n1. The Morgan fingerprint density at radius 2 is 1.79 bits per heavy atom. The lowest BCUT2D eigenvalue weighted by atomic mass is 10.0. The van der Waals surface area contributed by atoms with Crippen LogP contribution >= 0.6 is 0 Å². The summed E-state index contributed by atoms with van der Waals surface area (Å²) in [7, 11) is 0. The third-order valence-electron chi connectivity index (χ3n) is 2.82. The van der Waals surface area contributed by atoms with Crippen molar-refractivity contribution in [1.29, 1.82) is 0 Å². The highest BCUT2D eigenvalue weighted by atomic mass is 19.4. The number of aromatic nitrogens is 2. The first-order valence-corrected chi connectivity index (χ1v) is 5.82. The van der Waals surface area contributed by atoms with Gasteiger partial charge >= 0.3 is 6.18 Å². The van der Waals surface area contributed by atoms with Crippen LogP contribution in [0, 0.1) is 0 Å². The van der Waals surface area contributed by atoms with Gasteiger partial charge in [-0.05, 0) is 18.6 Å². The van der Waals surface area contributed by atoms with E-state index >= 15 is 0 Å². The standard InChI is InChI=1S/C13H14F3N3/c1-9(17)12(10-5-3-2-4-6-10)19-8-7-11(18-19)13(14,15)16/h2-9,12H,17H2,1H3. The number of nitrogens with zero attached hydrogens (tertiary/aromatic N) is 2. The molecule has 2 N–H and O–H groups in total. The van der Waals surface area contributed by atoms with Gasteiger partial charge in [-0.3, -0.25) is 4.68 Å². The molecule has 0 fully saturated rings. The summed E-state index contributed by atoms with van der Waals surface area (Å²) in [4.78, 5) is 0. The van der Waals surface area contributed by atoms with E-state index in [4.69, 9.17) is 5.73 Å². The highest BCUT2D eigenvalue weighted by Crippen LogP contribution is 2.29. The molecular weight excluding hydrogens is 255 g/mol. The number of hydrogen-bond acceptors (Lipinski definition) is 2. The Hall–Kier alpha value is -1.82. The van der Waals surface area contributed by atoms with Gasteiger partial charge in [-0.1, -0.05) is 30.3 Å². The van der Waals surface area contributed by atoms with Crippen molar-refractivity contribution < 1.29 is 13.2 Å². The molecule has 0 amide bonds. The van der Waals surface area contributed by atoms with Crippen molar-refractivity contribution in [3.8, 4) is 0 Å². The molecule has 0 aliphatic carbocycles. The van der Waals surface area contributed by atoms with E-state index in [1.54, 1.807) is 6.92 Å². The second-order valence-electron chi connectivity index (χ2n) is 4.39. The van der Waals surface area contributed by atoms with Crippen LogP contribution in [0.4, 0.5) is 13.2 Å². The molecule has 0 radical (unpaired) electrons. The van der Waals surface area contributed by atoms with Gasteiger partial charge in [-0.25, -0.2) is 0 Å². The van der Waals surface area contributed by atoms with Crippen molar-refractivity contribution in [3.63, 3.8) is 0 Å². The third-order valence-corrected chi connectivity index (χ3v) is 2.82. The van der Waals surface area contributed by atoms with Crippen molar-refractivity contribution in [2.45, 2.75) is 25.2 Å². The molecule has 0 aliphatic rings. The van der Waals surface area contributed by atoms with E-state index in [1.165, 1.54) is 10.9 Å². The highest BCUT2D eigenvalue weighted by molar-refractivity contribution is 5.21. The van der Waals surface area contributed by atoms with Gasteiger partial charge in [0.05, 0.1) is 6.04 Å². The van der Waals surface area contributed by atoms with E-state index in [0.717, 1.165) is 11.6 Å². The Morgan fingerprint density at radius 3 is 2.26 bits per heavy atom. The molecule has 19 heavy (non-hydrogen) atoms. The molecule has 2 atom stereocenters. The molecule has 3 nitrogen and oxygen atoms in total. The summed E-state index contributed by atoms with van der Waals surface area (Å²) in [6.45, 7) is 1.74. The van der Waals surface area contributed by atoms with E-state index < -0.39 is 17.9 Å². The van der Waals surface area contributed by atoms with E-state index in [0.29, 0.717) is 0 Å². The Balaban J connectivity index is 2.38. The molecule has 0 saturated heterocycles. The lowest BCUT2D eigenvalue weighted by Gasteiger charge is -2.21. The number of nitrogens with two attached hydrogens (primary N) is 1. The lowest BCUT2D eigenvalue weighted by Crippen LogP contribution is -2.30. The molecule has 0 saturated carbocycles. The first kappa shape index (κ1) is 13.6. The van der Waals surface area contributed by atoms with Crippen LogP contribution in [-0.2, 0) is 6.18 Å². The summed E-state index contributed by atoms with van der Waals surface area (Å²) in [5.74, 6) is 0.